The average molecular weight is 205 g/mol. The quantitative estimate of drug-likeness (QED) is 0.569. The molecule has 0 aliphatic carbocycles. The Hall–Kier alpha value is -0.910. The second-order valence-corrected chi connectivity index (χ2v) is 3.41. The zero-order valence-corrected chi connectivity index (χ0v) is 9.27. The fourth-order valence-corrected chi connectivity index (χ4v) is 1.31. The van der Waals surface area contributed by atoms with Crippen molar-refractivity contribution in [1.82, 2.24) is 5.32 Å². The van der Waals surface area contributed by atoms with Crippen LogP contribution in [0.15, 0.2) is 24.3 Å². The summed E-state index contributed by atoms with van der Waals surface area (Å²) >= 11 is 4.12. The van der Waals surface area contributed by atoms with Gasteiger partial charge in [-0.05, 0) is 18.7 Å². The lowest BCUT2D eigenvalue weighted by Crippen LogP contribution is -2.06. The van der Waals surface area contributed by atoms with Crippen LogP contribution < -0.4 is 5.32 Å². The molecule has 14 heavy (non-hydrogen) atoms. The van der Waals surface area contributed by atoms with Gasteiger partial charge in [0.1, 0.15) is 0 Å². The minimum Gasteiger partial charge on any atom is -0.316 e. The highest BCUT2D eigenvalue weighted by atomic mass is 32.1. The van der Waals surface area contributed by atoms with Crippen LogP contribution in [-0.4, -0.2) is 12.8 Å². The van der Waals surface area contributed by atoms with Crippen LogP contribution in [0.25, 0.3) is 0 Å². The molecule has 0 aromatic heterocycles. The number of benzene rings is 1. The van der Waals surface area contributed by atoms with Crippen LogP contribution in [0.3, 0.4) is 0 Å². The van der Waals surface area contributed by atoms with Gasteiger partial charge in [-0.1, -0.05) is 30.0 Å². The van der Waals surface area contributed by atoms with E-state index < -0.39 is 0 Å². The van der Waals surface area contributed by atoms with E-state index in [2.05, 4.69) is 41.9 Å². The largest absolute Gasteiger partial charge is 0.316 e. The van der Waals surface area contributed by atoms with Crippen LogP contribution in [0, 0.1) is 11.8 Å². The van der Waals surface area contributed by atoms with Crippen molar-refractivity contribution in [3.05, 3.63) is 35.4 Å². The molecule has 0 bridgehead atoms. The first-order chi connectivity index (χ1) is 6.88. The standard InChI is InChI=1S/C12H15NS/c1-13-10-12-8-3-2-6-11(12)7-4-5-9-14/h2-3,6,8,13-14H,5,9-10H2,1H3. The van der Waals surface area contributed by atoms with Crippen LogP contribution in [-0.2, 0) is 6.54 Å². The van der Waals surface area contributed by atoms with Crippen LogP contribution in [0.5, 0.6) is 0 Å². The van der Waals surface area contributed by atoms with Crippen molar-refractivity contribution in [2.75, 3.05) is 12.8 Å². The van der Waals surface area contributed by atoms with E-state index in [1.54, 1.807) is 0 Å². The van der Waals surface area contributed by atoms with Gasteiger partial charge >= 0.3 is 0 Å². The van der Waals surface area contributed by atoms with Gasteiger partial charge in [0.25, 0.3) is 0 Å². The molecule has 1 N–H and O–H groups in total. The molecule has 0 amide bonds. The van der Waals surface area contributed by atoms with Gasteiger partial charge in [-0.15, -0.1) is 0 Å². The van der Waals surface area contributed by atoms with Crippen molar-refractivity contribution in [2.24, 2.45) is 0 Å². The Labute approximate surface area is 91.3 Å². The first kappa shape index (κ1) is 11.2. The first-order valence-corrected chi connectivity index (χ1v) is 5.34. The minimum absolute atomic E-state index is 0.821. The summed E-state index contributed by atoms with van der Waals surface area (Å²) in [7, 11) is 1.94. The summed E-state index contributed by atoms with van der Waals surface area (Å²) in [5, 5.41) is 3.13. The molecule has 1 rings (SSSR count). The summed E-state index contributed by atoms with van der Waals surface area (Å²) in [4.78, 5) is 0. The highest BCUT2D eigenvalue weighted by Gasteiger charge is 1.95. The lowest BCUT2D eigenvalue weighted by molar-refractivity contribution is 0.816. The fraction of sp³-hybridized carbons (Fsp3) is 0.333. The zero-order valence-electron chi connectivity index (χ0n) is 8.38. The molecule has 1 aromatic carbocycles. The molecule has 0 unspecified atom stereocenters. The number of hydrogen-bond acceptors (Lipinski definition) is 2. The highest BCUT2D eigenvalue weighted by molar-refractivity contribution is 7.80. The smallest absolute Gasteiger partial charge is 0.0290 e. The summed E-state index contributed by atoms with van der Waals surface area (Å²) in [6, 6.07) is 8.21. The predicted molar refractivity (Wildman–Crippen MR) is 64.6 cm³/mol. The molecule has 2 heteroatoms. The Kier molecular flexibility index (Phi) is 5.21. The van der Waals surface area contributed by atoms with Gasteiger partial charge < -0.3 is 5.32 Å². The first-order valence-electron chi connectivity index (χ1n) is 4.70. The normalized spacial score (nSPS) is 9.29. The molecule has 0 spiro atoms. The fourth-order valence-electron chi connectivity index (χ4n) is 1.20. The summed E-state index contributed by atoms with van der Waals surface area (Å²) in [5.41, 5.74) is 2.37. The van der Waals surface area contributed by atoms with Gasteiger partial charge in [-0.3, -0.25) is 0 Å². The van der Waals surface area contributed by atoms with Gasteiger partial charge in [0.05, 0.1) is 0 Å². The Morgan fingerprint density at radius 2 is 2.14 bits per heavy atom. The molecule has 0 saturated carbocycles. The molecular weight excluding hydrogens is 190 g/mol. The zero-order chi connectivity index (χ0) is 10.2. The van der Waals surface area contributed by atoms with Crippen LogP contribution >= 0.6 is 12.6 Å². The van der Waals surface area contributed by atoms with E-state index in [-0.39, 0.29) is 0 Å². The number of thiol groups is 1. The summed E-state index contributed by atoms with van der Waals surface area (Å²) in [6.45, 7) is 0.867. The number of rotatable bonds is 3. The summed E-state index contributed by atoms with van der Waals surface area (Å²) in [5.74, 6) is 7.08. The lowest BCUT2D eigenvalue weighted by Gasteiger charge is -2.02. The number of hydrogen-bond donors (Lipinski definition) is 2. The minimum atomic E-state index is 0.821. The molecule has 0 atom stereocenters. The van der Waals surface area contributed by atoms with E-state index in [0.29, 0.717) is 0 Å². The van der Waals surface area contributed by atoms with E-state index >= 15 is 0 Å². The second-order valence-electron chi connectivity index (χ2n) is 2.96. The third-order valence-electron chi connectivity index (χ3n) is 1.84. The molecule has 0 heterocycles. The van der Waals surface area contributed by atoms with Gasteiger partial charge in [-0.25, -0.2) is 0 Å². The maximum atomic E-state index is 4.12. The Bertz CT molecular complexity index is 336. The van der Waals surface area contributed by atoms with Gasteiger partial charge in [0, 0.05) is 24.3 Å². The molecule has 74 valence electrons. The molecular formula is C12H15NS. The van der Waals surface area contributed by atoms with Crippen molar-refractivity contribution in [3.63, 3.8) is 0 Å². The maximum absolute atomic E-state index is 4.12. The van der Waals surface area contributed by atoms with Crippen LogP contribution in [0.4, 0.5) is 0 Å². The number of nitrogens with one attached hydrogen (secondary N) is 1. The molecule has 0 aliphatic rings. The van der Waals surface area contributed by atoms with Crippen LogP contribution in [0.1, 0.15) is 17.5 Å². The Morgan fingerprint density at radius 3 is 2.86 bits per heavy atom. The topological polar surface area (TPSA) is 12.0 Å². The van der Waals surface area contributed by atoms with Crippen molar-refractivity contribution >= 4 is 12.6 Å². The third kappa shape index (κ3) is 3.45. The van der Waals surface area contributed by atoms with E-state index in [4.69, 9.17) is 0 Å². The molecule has 0 saturated heterocycles. The van der Waals surface area contributed by atoms with Gasteiger partial charge in [0.15, 0.2) is 0 Å². The van der Waals surface area contributed by atoms with E-state index in [0.717, 1.165) is 24.3 Å². The maximum Gasteiger partial charge on any atom is 0.0290 e. The Morgan fingerprint density at radius 1 is 1.36 bits per heavy atom. The summed E-state index contributed by atoms with van der Waals surface area (Å²) in [6.07, 6.45) is 0.844. The lowest BCUT2D eigenvalue weighted by atomic mass is 10.1. The van der Waals surface area contributed by atoms with Crippen LogP contribution in [0.2, 0.25) is 0 Å². The SMILES string of the molecule is CNCc1ccccc1C#CCCS. The van der Waals surface area contributed by atoms with Crippen molar-refractivity contribution in [2.45, 2.75) is 13.0 Å². The van der Waals surface area contributed by atoms with Gasteiger partial charge in [-0.2, -0.15) is 12.6 Å². The van der Waals surface area contributed by atoms with E-state index in [1.165, 1.54) is 5.56 Å². The molecule has 0 aliphatic heterocycles. The highest BCUT2D eigenvalue weighted by Crippen LogP contribution is 2.06. The Balaban J connectivity index is 2.80. The molecule has 0 radical (unpaired) electrons. The van der Waals surface area contributed by atoms with E-state index in [1.807, 2.05) is 19.2 Å². The third-order valence-corrected chi connectivity index (χ3v) is 2.07. The van der Waals surface area contributed by atoms with E-state index in [9.17, 15) is 0 Å². The molecule has 1 nitrogen and oxygen atoms in total. The van der Waals surface area contributed by atoms with Crippen molar-refractivity contribution < 1.29 is 0 Å². The molecule has 0 fully saturated rings. The van der Waals surface area contributed by atoms with Gasteiger partial charge in [0.2, 0.25) is 0 Å². The monoisotopic (exact) mass is 205 g/mol. The van der Waals surface area contributed by atoms with Crippen molar-refractivity contribution in [3.8, 4) is 11.8 Å². The average Bonchev–Trinajstić information content (AvgIpc) is 2.21. The predicted octanol–water partition coefficient (Wildman–Crippen LogP) is 2.08. The summed E-state index contributed by atoms with van der Waals surface area (Å²) < 4.78 is 0. The van der Waals surface area contributed by atoms with Crippen molar-refractivity contribution in [1.29, 1.82) is 0 Å². The molecule has 1 aromatic rings. The second kappa shape index (κ2) is 6.53.